The third kappa shape index (κ3) is 4.19. The molecule has 2 aliphatic heterocycles. The van der Waals surface area contributed by atoms with Crippen LogP contribution in [-0.2, 0) is 10.0 Å². The molecule has 0 saturated carbocycles. The molecule has 4 rings (SSSR count). The largest absolute Gasteiger partial charge is 0.497 e. The van der Waals surface area contributed by atoms with Gasteiger partial charge in [-0.05, 0) is 55.8 Å². The second-order valence-corrected chi connectivity index (χ2v) is 8.98. The Morgan fingerprint density at radius 3 is 2.53 bits per heavy atom. The number of sulfonamides is 1. The van der Waals surface area contributed by atoms with E-state index in [1.54, 1.807) is 12.1 Å². The maximum Gasteiger partial charge on any atom is 0.244 e. The van der Waals surface area contributed by atoms with Crippen molar-refractivity contribution in [2.75, 3.05) is 40.6 Å². The molecule has 1 atom stereocenters. The van der Waals surface area contributed by atoms with Crippen molar-refractivity contribution < 1.29 is 27.4 Å². The van der Waals surface area contributed by atoms with E-state index in [1.165, 1.54) is 20.3 Å². The van der Waals surface area contributed by atoms with Gasteiger partial charge in [-0.3, -0.25) is 4.90 Å². The molecule has 0 aromatic heterocycles. The van der Waals surface area contributed by atoms with E-state index < -0.39 is 10.0 Å². The van der Waals surface area contributed by atoms with E-state index in [9.17, 15) is 8.42 Å². The predicted molar refractivity (Wildman–Crippen MR) is 111 cm³/mol. The fraction of sp³-hybridized carbons (Fsp3) is 0.429. The van der Waals surface area contributed by atoms with Crippen LogP contribution in [0.25, 0.3) is 0 Å². The van der Waals surface area contributed by atoms with Gasteiger partial charge < -0.3 is 18.9 Å². The van der Waals surface area contributed by atoms with Gasteiger partial charge in [-0.2, -0.15) is 0 Å². The lowest BCUT2D eigenvalue weighted by molar-refractivity contribution is 0.173. The number of hydrogen-bond donors (Lipinski definition) is 1. The minimum absolute atomic E-state index is 0.0511. The molecule has 0 radical (unpaired) electrons. The summed E-state index contributed by atoms with van der Waals surface area (Å²) < 4.78 is 50.3. The number of methoxy groups -OCH3 is 2. The minimum Gasteiger partial charge on any atom is -0.497 e. The highest BCUT2D eigenvalue weighted by atomic mass is 32.2. The fourth-order valence-electron chi connectivity index (χ4n) is 3.89. The fourth-order valence-corrected chi connectivity index (χ4v) is 5.11. The summed E-state index contributed by atoms with van der Waals surface area (Å²) in [5.74, 6) is 2.11. The van der Waals surface area contributed by atoms with E-state index in [1.807, 2.05) is 18.2 Å². The van der Waals surface area contributed by atoms with E-state index in [0.29, 0.717) is 17.2 Å². The van der Waals surface area contributed by atoms with Crippen LogP contribution in [0, 0.1) is 0 Å². The van der Waals surface area contributed by atoms with Crippen LogP contribution in [0.4, 0.5) is 0 Å². The Hall–Kier alpha value is -2.49. The normalized spacial score (nSPS) is 17.1. The number of rotatable bonds is 8. The quantitative estimate of drug-likeness (QED) is 0.683. The van der Waals surface area contributed by atoms with Crippen molar-refractivity contribution in [3.63, 3.8) is 0 Å². The highest BCUT2D eigenvalue weighted by Gasteiger charge is 2.28. The van der Waals surface area contributed by atoms with Crippen LogP contribution in [0.3, 0.4) is 0 Å². The van der Waals surface area contributed by atoms with Crippen LogP contribution in [0.5, 0.6) is 23.0 Å². The summed E-state index contributed by atoms with van der Waals surface area (Å²) in [7, 11) is -0.878. The van der Waals surface area contributed by atoms with Crippen LogP contribution in [-0.4, -0.2) is 54.0 Å². The predicted octanol–water partition coefficient (Wildman–Crippen LogP) is 2.55. The molecule has 2 heterocycles. The van der Waals surface area contributed by atoms with Crippen molar-refractivity contribution >= 4 is 10.0 Å². The molecular weight excluding hydrogens is 408 g/mol. The van der Waals surface area contributed by atoms with Crippen LogP contribution < -0.4 is 23.7 Å². The Balaban J connectivity index is 1.59. The average Bonchev–Trinajstić information content (AvgIpc) is 3.45. The maximum atomic E-state index is 13.1. The molecule has 1 fully saturated rings. The third-order valence-electron chi connectivity index (χ3n) is 5.49. The Morgan fingerprint density at radius 1 is 1.03 bits per heavy atom. The zero-order chi connectivity index (χ0) is 21.1. The third-order valence-corrected chi connectivity index (χ3v) is 6.93. The molecule has 0 bridgehead atoms. The standard InChI is InChI=1S/C21H26N2O6S/c1-26-16-6-8-19(27-2)21(12-16)30(24,25)22-13-17(23-9-3-4-10-23)15-5-7-18-20(11-15)29-14-28-18/h5-8,11-12,17,22H,3-4,9-10,13-14H2,1-2H3. The van der Waals surface area contributed by atoms with Gasteiger partial charge in [0.1, 0.15) is 16.4 Å². The molecule has 30 heavy (non-hydrogen) atoms. The van der Waals surface area contributed by atoms with Crippen LogP contribution in [0.2, 0.25) is 0 Å². The minimum atomic E-state index is -3.82. The highest BCUT2D eigenvalue weighted by molar-refractivity contribution is 7.89. The number of likely N-dealkylation sites (tertiary alicyclic amines) is 1. The number of ether oxygens (including phenoxy) is 4. The van der Waals surface area contributed by atoms with Crippen molar-refractivity contribution in [1.29, 1.82) is 0 Å². The Morgan fingerprint density at radius 2 is 1.80 bits per heavy atom. The van der Waals surface area contributed by atoms with Gasteiger partial charge in [0.15, 0.2) is 11.5 Å². The molecule has 2 aliphatic rings. The van der Waals surface area contributed by atoms with Crippen molar-refractivity contribution in [2.45, 2.75) is 23.8 Å². The maximum absolute atomic E-state index is 13.1. The van der Waals surface area contributed by atoms with Crippen LogP contribution in [0.1, 0.15) is 24.4 Å². The summed E-state index contributed by atoms with van der Waals surface area (Å²) in [6.07, 6.45) is 2.19. The van der Waals surface area contributed by atoms with Gasteiger partial charge in [0, 0.05) is 18.7 Å². The van der Waals surface area contributed by atoms with Gasteiger partial charge >= 0.3 is 0 Å². The number of nitrogens with one attached hydrogen (secondary N) is 1. The van der Waals surface area contributed by atoms with Crippen LogP contribution >= 0.6 is 0 Å². The molecule has 9 heteroatoms. The Labute approximate surface area is 176 Å². The number of hydrogen-bond acceptors (Lipinski definition) is 7. The van der Waals surface area contributed by atoms with Gasteiger partial charge in [0.25, 0.3) is 0 Å². The van der Waals surface area contributed by atoms with Crippen LogP contribution in [0.15, 0.2) is 41.3 Å². The summed E-state index contributed by atoms with van der Waals surface area (Å²) in [6.45, 7) is 2.27. The van der Waals surface area contributed by atoms with E-state index >= 15 is 0 Å². The van der Waals surface area contributed by atoms with E-state index in [4.69, 9.17) is 18.9 Å². The van der Waals surface area contributed by atoms with E-state index in [-0.39, 0.29) is 30.0 Å². The molecular formula is C21H26N2O6S. The number of benzene rings is 2. The van der Waals surface area contributed by atoms with Gasteiger partial charge in [0.2, 0.25) is 16.8 Å². The van der Waals surface area contributed by atoms with Crippen molar-refractivity contribution in [3.8, 4) is 23.0 Å². The molecule has 2 aromatic carbocycles. The zero-order valence-corrected chi connectivity index (χ0v) is 17.9. The lowest BCUT2D eigenvalue weighted by Gasteiger charge is -2.28. The highest BCUT2D eigenvalue weighted by Crippen LogP contribution is 2.36. The van der Waals surface area contributed by atoms with E-state index in [0.717, 1.165) is 31.5 Å². The zero-order valence-electron chi connectivity index (χ0n) is 17.1. The second kappa shape index (κ2) is 8.71. The lowest BCUT2D eigenvalue weighted by atomic mass is 10.1. The summed E-state index contributed by atoms with van der Waals surface area (Å²) >= 11 is 0. The molecule has 0 aliphatic carbocycles. The van der Waals surface area contributed by atoms with Gasteiger partial charge in [-0.25, -0.2) is 13.1 Å². The van der Waals surface area contributed by atoms with Crippen molar-refractivity contribution in [1.82, 2.24) is 9.62 Å². The molecule has 1 N–H and O–H groups in total. The smallest absolute Gasteiger partial charge is 0.244 e. The van der Waals surface area contributed by atoms with E-state index in [2.05, 4.69) is 9.62 Å². The topological polar surface area (TPSA) is 86.3 Å². The Kier molecular flexibility index (Phi) is 6.03. The first-order valence-electron chi connectivity index (χ1n) is 9.87. The van der Waals surface area contributed by atoms with Crippen molar-refractivity contribution in [2.24, 2.45) is 0 Å². The molecule has 8 nitrogen and oxygen atoms in total. The van der Waals surface area contributed by atoms with Crippen molar-refractivity contribution in [3.05, 3.63) is 42.0 Å². The summed E-state index contributed by atoms with van der Waals surface area (Å²) in [6, 6.07) is 10.4. The monoisotopic (exact) mass is 434 g/mol. The first-order valence-corrected chi connectivity index (χ1v) is 11.4. The molecule has 162 valence electrons. The molecule has 1 unspecified atom stereocenters. The number of fused-ring (bicyclic) bond motifs is 1. The first kappa shape index (κ1) is 20.8. The number of nitrogens with zero attached hydrogens (tertiary/aromatic N) is 1. The van der Waals surface area contributed by atoms with Gasteiger partial charge in [-0.1, -0.05) is 6.07 Å². The summed E-state index contributed by atoms with van der Waals surface area (Å²) in [5.41, 5.74) is 0.987. The lowest BCUT2D eigenvalue weighted by Crippen LogP contribution is -2.36. The first-order chi connectivity index (χ1) is 14.5. The molecule has 0 spiro atoms. The molecule has 0 amide bonds. The molecule has 1 saturated heterocycles. The summed E-state index contributed by atoms with van der Waals surface area (Å²) in [5, 5.41) is 0. The average molecular weight is 435 g/mol. The Bertz CT molecular complexity index is 1000. The summed E-state index contributed by atoms with van der Waals surface area (Å²) in [4.78, 5) is 2.35. The second-order valence-electron chi connectivity index (χ2n) is 7.24. The van der Waals surface area contributed by atoms with Gasteiger partial charge in [-0.15, -0.1) is 0 Å². The SMILES string of the molecule is COc1ccc(OC)c(S(=O)(=O)NCC(c2ccc3c(c2)OCO3)N2CCCC2)c1. The molecule has 2 aromatic rings. The van der Waals surface area contributed by atoms with Gasteiger partial charge in [0.05, 0.1) is 14.2 Å².